The second-order valence-corrected chi connectivity index (χ2v) is 6.05. The summed E-state index contributed by atoms with van der Waals surface area (Å²) >= 11 is 5.81. The van der Waals surface area contributed by atoms with Crippen molar-refractivity contribution in [2.75, 3.05) is 20.2 Å². The van der Waals surface area contributed by atoms with Crippen LogP contribution in [0.3, 0.4) is 0 Å². The maximum Gasteiger partial charge on any atom is 0.256 e. The van der Waals surface area contributed by atoms with Gasteiger partial charge in [0.25, 0.3) is 5.91 Å². The molecule has 0 unspecified atom stereocenters. The van der Waals surface area contributed by atoms with Gasteiger partial charge in [0.1, 0.15) is 17.6 Å². The third-order valence-corrected chi connectivity index (χ3v) is 4.18. The number of carbonyl (C=O) groups excluding carboxylic acids is 1. The van der Waals surface area contributed by atoms with E-state index in [1.807, 2.05) is 18.2 Å². The van der Waals surface area contributed by atoms with Crippen LogP contribution in [0.4, 0.5) is 0 Å². The van der Waals surface area contributed by atoms with Crippen LogP contribution in [0.25, 0.3) is 0 Å². The van der Waals surface area contributed by atoms with Gasteiger partial charge >= 0.3 is 0 Å². The van der Waals surface area contributed by atoms with Gasteiger partial charge in [-0.25, -0.2) is 0 Å². The minimum atomic E-state index is -1.18. The standard InChI is InChI=1S/C18H18ClNO4/c1-23-14-3-2-4-15(9-14)24-16-10-20(11-16)18(22)17(21)12-5-7-13(19)8-6-12/h2-9,16-17,21H,10-11H2,1H3/t17-/m0/s1. The zero-order valence-electron chi connectivity index (χ0n) is 13.2. The number of aliphatic hydroxyl groups excluding tert-OH is 1. The number of carbonyl (C=O) groups is 1. The number of rotatable bonds is 5. The lowest BCUT2D eigenvalue weighted by atomic mass is 10.1. The zero-order chi connectivity index (χ0) is 17.1. The van der Waals surface area contributed by atoms with Crippen molar-refractivity contribution in [3.8, 4) is 11.5 Å². The number of amides is 1. The third kappa shape index (κ3) is 3.63. The molecule has 126 valence electrons. The number of hydrogen-bond donors (Lipinski definition) is 1. The van der Waals surface area contributed by atoms with E-state index in [9.17, 15) is 9.90 Å². The molecule has 24 heavy (non-hydrogen) atoms. The zero-order valence-corrected chi connectivity index (χ0v) is 13.9. The van der Waals surface area contributed by atoms with E-state index in [1.165, 1.54) is 0 Å². The van der Waals surface area contributed by atoms with E-state index in [2.05, 4.69) is 0 Å². The summed E-state index contributed by atoms with van der Waals surface area (Å²) in [5.41, 5.74) is 0.529. The number of methoxy groups -OCH3 is 1. The van der Waals surface area contributed by atoms with Gasteiger partial charge in [0, 0.05) is 11.1 Å². The fraction of sp³-hybridized carbons (Fsp3) is 0.278. The van der Waals surface area contributed by atoms with Crippen LogP contribution in [0.2, 0.25) is 5.02 Å². The lowest BCUT2D eigenvalue weighted by Crippen LogP contribution is -2.57. The molecule has 1 aliphatic heterocycles. The Hall–Kier alpha value is -2.24. The van der Waals surface area contributed by atoms with E-state index in [4.69, 9.17) is 21.1 Å². The Morgan fingerprint density at radius 3 is 2.54 bits per heavy atom. The molecular weight excluding hydrogens is 330 g/mol. The number of likely N-dealkylation sites (tertiary alicyclic amines) is 1. The largest absolute Gasteiger partial charge is 0.497 e. The normalized spacial score (nSPS) is 15.5. The number of hydrogen-bond acceptors (Lipinski definition) is 4. The highest BCUT2D eigenvalue weighted by atomic mass is 35.5. The SMILES string of the molecule is COc1cccc(OC2CN(C(=O)[C@@H](O)c3ccc(Cl)cc3)C2)c1. The molecule has 0 saturated carbocycles. The Kier molecular flexibility index (Phi) is 4.92. The van der Waals surface area contributed by atoms with Crippen molar-refractivity contribution in [1.29, 1.82) is 0 Å². The Balaban J connectivity index is 1.53. The molecule has 1 fully saturated rings. The minimum absolute atomic E-state index is 0.0847. The Labute approximate surface area is 145 Å². The Morgan fingerprint density at radius 2 is 1.88 bits per heavy atom. The van der Waals surface area contributed by atoms with Crippen LogP contribution >= 0.6 is 11.6 Å². The third-order valence-electron chi connectivity index (χ3n) is 3.92. The summed E-state index contributed by atoms with van der Waals surface area (Å²) in [5, 5.41) is 10.7. The average Bonchev–Trinajstić information content (AvgIpc) is 2.57. The van der Waals surface area contributed by atoms with Gasteiger partial charge in [-0.2, -0.15) is 0 Å². The number of benzene rings is 2. The van der Waals surface area contributed by atoms with Gasteiger partial charge in [0.05, 0.1) is 20.2 Å². The maximum absolute atomic E-state index is 12.3. The van der Waals surface area contributed by atoms with Gasteiger partial charge in [0.15, 0.2) is 6.10 Å². The first-order chi connectivity index (χ1) is 11.6. The number of ether oxygens (including phenoxy) is 2. The van der Waals surface area contributed by atoms with Gasteiger partial charge in [-0.3, -0.25) is 4.79 Å². The molecule has 1 aliphatic rings. The molecule has 0 radical (unpaired) electrons. The molecule has 0 spiro atoms. The molecule has 1 heterocycles. The molecule has 1 N–H and O–H groups in total. The van der Waals surface area contributed by atoms with Gasteiger partial charge < -0.3 is 19.5 Å². The Bertz CT molecular complexity index is 713. The lowest BCUT2D eigenvalue weighted by molar-refractivity contribution is -0.149. The van der Waals surface area contributed by atoms with Gasteiger partial charge in [-0.15, -0.1) is 0 Å². The molecule has 3 rings (SSSR count). The van der Waals surface area contributed by atoms with Crippen LogP contribution in [-0.4, -0.2) is 42.2 Å². The molecule has 5 nitrogen and oxygen atoms in total. The molecule has 2 aromatic carbocycles. The van der Waals surface area contributed by atoms with Crippen LogP contribution in [0.15, 0.2) is 48.5 Å². The van der Waals surface area contributed by atoms with Gasteiger partial charge in [-0.05, 0) is 29.8 Å². The molecule has 2 aromatic rings. The predicted octanol–water partition coefficient (Wildman–Crippen LogP) is 2.67. The van der Waals surface area contributed by atoms with E-state index in [0.717, 1.165) is 5.75 Å². The Morgan fingerprint density at radius 1 is 1.21 bits per heavy atom. The van der Waals surface area contributed by atoms with E-state index < -0.39 is 6.10 Å². The summed E-state index contributed by atoms with van der Waals surface area (Å²) in [6, 6.07) is 13.9. The summed E-state index contributed by atoms with van der Waals surface area (Å²) in [7, 11) is 1.60. The second-order valence-electron chi connectivity index (χ2n) is 5.62. The van der Waals surface area contributed by atoms with Crippen LogP contribution in [0.1, 0.15) is 11.7 Å². The highest BCUT2D eigenvalue weighted by molar-refractivity contribution is 6.30. The van der Waals surface area contributed by atoms with Crippen molar-refractivity contribution in [3.05, 3.63) is 59.1 Å². The average molecular weight is 348 g/mol. The van der Waals surface area contributed by atoms with Crippen molar-refractivity contribution < 1.29 is 19.4 Å². The highest BCUT2D eigenvalue weighted by Gasteiger charge is 2.35. The smallest absolute Gasteiger partial charge is 0.256 e. The number of nitrogens with zero attached hydrogens (tertiary/aromatic N) is 1. The van der Waals surface area contributed by atoms with Crippen molar-refractivity contribution in [2.24, 2.45) is 0 Å². The van der Waals surface area contributed by atoms with Crippen molar-refractivity contribution in [2.45, 2.75) is 12.2 Å². The summed E-state index contributed by atoms with van der Waals surface area (Å²) in [5.74, 6) is 1.09. The molecule has 1 amide bonds. The first-order valence-electron chi connectivity index (χ1n) is 7.60. The summed E-state index contributed by atoms with van der Waals surface area (Å²) < 4.78 is 11.0. The van der Waals surface area contributed by atoms with Crippen LogP contribution in [-0.2, 0) is 4.79 Å². The van der Waals surface area contributed by atoms with Crippen molar-refractivity contribution >= 4 is 17.5 Å². The molecule has 0 aromatic heterocycles. The highest BCUT2D eigenvalue weighted by Crippen LogP contribution is 2.25. The minimum Gasteiger partial charge on any atom is -0.497 e. The summed E-state index contributed by atoms with van der Waals surface area (Å²) in [6.07, 6.45) is -1.27. The monoisotopic (exact) mass is 347 g/mol. The van der Waals surface area contributed by atoms with Crippen molar-refractivity contribution in [1.82, 2.24) is 4.90 Å². The molecular formula is C18H18ClNO4. The molecule has 1 atom stereocenters. The van der Waals surface area contributed by atoms with Gasteiger partial charge in [-0.1, -0.05) is 29.8 Å². The van der Waals surface area contributed by atoms with Gasteiger partial charge in [0.2, 0.25) is 0 Å². The predicted molar refractivity (Wildman–Crippen MR) is 90.4 cm³/mol. The molecule has 1 saturated heterocycles. The topological polar surface area (TPSA) is 59.0 Å². The summed E-state index contributed by atoms with van der Waals surface area (Å²) in [4.78, 5) is 13.9. The first-order valence-corrected chi connectivity index (χ1v) is 7.97. The fourth-order valence-electron chi connectivity index (χ4n) is 2.52. The maximum atomic E-state index is 12.3. The van der Waals surface area contributed by atoms with Crippen molar-refractivity contribution in [3.63, 3.8) is 0 Å². The molecule has 0 aliphatic carbocycles. The lowest BCUT2D eigenvalue weighted by Gasteiger charge is -2.40. The van der Waals surface area contributed by atoms with E-state index in [1.54, 1.807) is 42.3 Å². The molecule has 0 bridgehead atoms. The van der Waals surface area contributed by atoms with Crippen LogP contribution in [0.5, 0.6) is 11.5 Å². The van der Waals surface area contributed by atoms with E-state index >= 15 is 0 Å². The fourth-order valence-corrected chi connectivity index (χ4v) is 2.65. The first kappa shape index (κ1) is 16.6. The number of aliphatic hydroxyl groups is 1. The second kappa shape index (κ2) is 7.11. The van der Waals surface area contributed by atoms with E-state index in [-0.39, 0.29) is 12.0 Å². The number of halogens is 1. The van der Waals surface area contributed by atoms with E-state index in [0.29, 0.717) is 29.4 Å². The van der Waals surface area contributed by atoms with Crippen LogP contribution in [0, 0.1) is 0 Å². The quantitative estimate of drug-likeness (QED) is 0.903. The summed E-state index contributed by atoms with van der Waals surface area (Å²) in [6.45, 7) is 0.890. The van der Waals surface area contributed by atoms with Crippen LogP contribution < -0.4 is 9.47 Å². The molecule has 6 heteroatoms.